The Balaban J connectivity index is 2.26. The second-order valence-corrected chi connectivity index (χ2v) is 5.36. The number of amides is 1. The van der Waals surface area contributed by atoms with Crippen LogP contribution in [0.15, 0.2) is 18.2 Å². The molecule has 0 bridgehead atoms. The van der Waals surface area contributed by atoms with Gasteiger partial charge in [-0.15, -0.1) is 0 Å². The SMILES string of the molecule is C[C@@H](CO)N(C)C(=O)c1ccc(NC2CC2)c([N+](=O)[O-])c1. The zero-order chi connectivity index (χ0) is 15.6. The fourth-order valence-electron chi connectivity index (χ4n) is 1.91. The van der Waals surface area contributed by atoms with Gasteiger partial charge < -0.3 is 15.3 Å². The summed E-state index contributed by atoms with van der Waals surface area (Å²) in [7, 11) is 1.56. The van der Waals surface area contributed by atoms with Crippen LogP contribution in [0.25, 0.3) is 0 Å². The molecule has 1 aromatic rings. The second-order valence-electron chi connectivity index (χ2n) is 5.36. The highest BCUT2D eigenvalue weighted by Crippen LogP contribution is 2.31. The summed E-state index contributed by atoms with van der Waals surface area (Å²) in [6.45, 7) is 1.54. The standard InChI is InChI=1S/C14H19N3O4/c1-9(8-18)16(2)14(19)10-3-6-12(15-11-4-5-11)13(7-10)17(20)21/h3,6-7,9,11,15,18H,4-5,8H2,1-2H3/t9-/m0/s1. The van der Waals surface area contributed by atoms with Gasteiger partial charge in [-0.1, -0.05) is 0 Å². The van der Waals surface area contributed by atoms with Gasteiger partial charge in [0.1, 0.15) is 5.69 Å². The number of nitrogens with zero attached hydrogens (tertiary/aromatic N) is 2. The van der Waals surface area contributed by atoms with Crippen molar-refractivity contribution >= 4 is 17.3 Å². The van der Waals surface area contributed by atoms with Crippen LogP contribution in [0.4, 0.5) is 11.4 Å². The number of hydrogen-bond acceptors (Lipinski definition) is 5. The first-order valence-electron chi connectivity index (χ1n) is 6.87. The van der Waals surface area contributed by atoms with Gasteiger partial charge in [-0.2, -0.15) is 0 Å². The van der Waals surface area contributed by atoms with E-state index in [4.69, 9.17) is 5.11 Å². The molecule has 0 radical (unpaired) electrons. The number of hydrogen-bond donors (Lipinski definition) is 2. The molecule has 1 fully saturated rings. The molecular formula is C14H19N3O4. The fraction of sp³-hybridized carbons (Fsp3) is 0.500. The van der Waals surface area contributed by atoms with E-state index in [1.165, 1.54) is 11.0 Å². The highest BCUT2D eigenvalue weighted by atomic mass is 16.6. The van der Waals surface area contributed by atoms with Crippen LogP contribution in [0.2, 0.25) is 0 Å². The Morgan fingerprint density at radius 1 is 1.57 bits per heavy atom. The number of nitrogens with one attached hydrogen (secondary N) is 1. The van der Waals surface area contributed by atoms with Gasteiger partial charge in [0.2, 0.25) is 0 Å². The molecular weight excluding hydrogens is 274 g/mol. The number of aliphatic hydroxyl groups excluding tert-OH is 1. The minimum atomic E-state index is -0.489. The Morgan fingerprint density at radius 2 is 2.24 bits per heavy atom. The Morgan fingerprint density at radius 3 is 2.76 bits per heavy atom. The highest BCUT2D eigenvalue weighted by molar-refractivity contribution is 5.95. The van der Waals surface area contributed by atoms with E-state index in [0.29, 0.717) is 11.7 Å². The van der Waals surface area contributed by atoms with Gasteiger partial charge in [-0.25, -0.2) is 0 Å². The van der Waals surface area contributed by atoms with E-state index in [2.05, 4.69) is 5.32 Å². The fourth-order valence-corrected chi connectivity index (χ4v) is 1.91. The van der Waals surface area contributed by atoms with Crippen molar-refractivity contribution in [1.29, 1.82) is 0 Å². The molecule has 1 aliphatic rings. The van der Waals surface area contributed by atoms with Crippen LogP contribution in [-0.2, 0) is 0 Å². The summed E-state index contributed by atoms with van der Waals surface area (Å²) in [6, 6.07) is 4.37. The van der Waals surface area contributed by atoms with Crippen molar-refractivity contribution in [3.63, 3.8) is 0 Å². The van der Waals surface area contributed by atoms with E-state index in [-0.39, 0.29) is 29.8 Å². The predicted octanol–water partition coefficient (Wildman–Crippen LogP) is 1.62. The third-order valence-corrected chi connectivity index (χ3v) is 3.62. The largest absolute Gasteiger partial charge is 0.394 e. The minimum absolute atomic E-state index is 0.0993. The number of anilines is 1. The summed E-state index contributed by atoms with van der Waals surface area (Å²) >= 11 is 0. The maximum Gasteiger partial charge on any atom is 0.293 e. The lowest BCUT2D eigenvalue weighted by molar-refractivity contribution is -0.384. The maximum absolute atomic E-state index is 12.2. The lowest BCUT2D eigenvalue weighted by atomic mass is 10.1. The lowest BCUT2D eigenvalue weighted by Crippen LogP contribution is -2.37. The van der Waals surface area contributed by atoms with Crippen molar-refractivity contribution in [2.45, 2.75) is 31.8 Å². The van der Waals surface area contributed by atoms with Crippen LogP contribution in [0.5, 0.6) is 0 Å². The third kappa shape index (κ3) is 3.49. The van der Waals surface area contributed by atoms with Gasteiger partial charge in [-0.05, 0) is 31.9 Å². The molecule has 0 unspecified atom stereocenters. The summed E-state index contributed by atoms with van der Waals surface area (Å²) in [5.74, 6) is -0.349. The van der Waals surface area contributed by atoms with Crippen LogP contribution < -0.4 is 5.32 Å². The Bertz CT molecular complexity index is 557. The average Bonchev–Trinajstić information content (AvgIpc) is 3.29. The highest BCUT2D eigenvalue weighted by Gasteiger charge is 2.26. The van der Waals surface area contributed by atoms with Crippen LogP contribution in [-0.4, -0.2) is 46.6 Å². The van der Waals surface area contributed by atoms with Crippen molar-refractivity contribution in [3.05, 3.63) is 33.9 Å². The number of nitro groups is 1. The van der Waals surface area contributed by atoms with Crippen molar-refractivity contribution in [1.82, 2.24) is 4.90 Å². The van der Waals surface area contributed by atoms with Crippen molar-refractivity contribution < 1.29 is 14.8 Å². The van der Waals surface area contributed by atoms with Crippen LogP contribution in [0, 0.1) is 10.1 Å². The van der Waals surface area contributed by atoms with E-state index < -0.39 is 4.92 Å². The number of aliphatic hydroxyl groups is 1. The summed E-state index contributed by atoms with van der Waals surface area (Å²) < 4.78 is 0. The van der Waals surface area contributed by atoms with E-state index in [1.54, 1.807) is 26.1 Å². The van der Waals surface area contributed by atoms with Gasteiger partial charge in [0.15, 0.2) is 0 Å². The first-order chi connectivity index (χ1) is 9.93. The van der Waals surface area contributed by atoms with Gasteiger partial charge in [0.25, 0.3) is 11.6 Å². The van der Waals surface area contributed by atoms with Crippen LogP contribution in [0.3, 0.4) is 0 Å². The topological polar surface area (TPSA) is 95.7 Å². The quantitative estimate of drug-likeness (QED) is 0.614. The van der Waals surface area contributed by atoms with Gasteiger partial charge in [0, 0.05) is 24.7 Å². The van der Waals surface area contributed by atoms with E-state index in [9.17, 15) is 14.9 Å². The molecule has 1 atom stereocenters. The first-order valence-corrected chi connectivity index (χ1v) is 6.87. The average molecular weight is 293 g/mol. The van der Waals surface area contributed by atoms with Crippen molar-refractivity contribution in [2.75, 3.05) is 19.0 Å². The van der Waals surface area contributed by atoms with Gasteiger partial charge in [-0.3, -0.25) is 14.9 Å². The number of nitro benzene ring substituents is 1. The molecule has 7 nitrogen and oxygen atoms in total. The third-order valence-electron chi connectivity index (χ3n) is 3.62. The van der Waals surface area contributed by atoms with Crippen molar-refractivity contribution in [2.24, 2.45) is 0 Å². The molecule has 0 spiro atoms. The molecule has 0 saturated heterocycles. The molecule has 2 N–H and O–H groups in total. The summed E-state index contributed by atoms with van der Waals surface area (Å²) in [5.41, 5.74) is 0.584. The zero-order valence-corrected chi connectivity index (χ0v) is 12.1. The van der Waals surface area contributed by atoms with E-state index >= 15 is 0 Å². The number of likely N-dealkylation sites (N-methyl/N-ethyl adjacent to an activating group) is 1. The summed E-state index contributed by atoms with van der Waals surface area (Å²) in [6.07, 6.45) is 2.02. The van der Waals surface area contributed by atoms with E-state index in [0.717, 1.165) is 12.8 Å². The zero-order valence-electron chi connectivity index (χ0n) is 12.1. The second kappa shape index (κ2) is 6.09. The number of carbonyl (C=O) groups is 1. The van der Waals surface area contributed by atoms with E-state index in [1.807, 2.05) is 0 Å². The number of carbonyl (C=O) groups excluding carboxylic acids is 1. The maximum atomic E-state index is 12.2. The molecule has 21 heavy (non-hydrogen) atoms. The first kappa shape index (κ1) is 15.2. The predicted molar refractivity (Wildman–Crippen MR) is 78.4 cm³/mol. The summed E-state index contributed by atoms with van der Waals surface area (Å²) in [5, 5.41) is 23.3. The Hall–Kier alpha value is -2.15. The molecule has 1 aromatic carbocycles. The molecule has 0 heterocycles. The molecule has 114 valence electrons. The molecule has 7 heteroatoms. The molecule has 1 amide bonds. The van der Waals surface area contributed by atoms with Crippen LogP contribution >= 0.6 is 0 Å². The monoisotopic (exact) mass is 293 g/mol. The lowest BCUT2D eigenvalue weighted by Gasteiger charge is -2.23. The Labute approximate surface area is 122 Å². The molecule has 0 aromatic heterocycles. The van der Waals surface area contributed by atoms with Gasteiger partial charge in [0.05, 0.1) is 17.6 Å². The molecule has 1 aliphatic carbocycles. The normalized spacial score (nSPS) is 15.4. The molecule has 0 aliphatic heterocycles. The van der Waals surface area contributed by atoms with Crippen molar-refractivity contribution in [3.8, 4) is 0 Å². The Kier molecular flexibility index (Phi) is 4.42. The number of benzene rings is 1. The minimum Gasteiger partial charge on any atom is -0.394 e. The molecule has 2 rings (SSSR count). The molecule has 1 saturated carbocycles. The smallest absolute Gasteiger partial charge is 0.293 e. The number of rotatable bonds is 6. The van der Waals surface area contributed by atoms with Gasteiger partial charge >= 0.3 is 0 Å². The summed E-state index contributed by atoms with van der Waals surface area (Å²) in [4.78, 5) is 24.3. The van der Waals surface area contributed by atoms with Crippen LogP contribution in [0.1, 0.15) is 30.1 Å².